The predicted molar refractivity (Wildman–Crippen MR) is 213 cm³/mol. The Morgan fingerprint density at radius 2 is 1.75 bits per heavy atom. The Morgan fingerprint density at radius 3 is 2.51 bits per heavy atom. The number of aliphatic hydroxyl groups is 1. The third kappa shape index (κ3) is 7.84. The van der Waals surface area contributed by atoms with Gasteiger partial charge in [-0.05, 0) is 94.0 Å². The minimum atomic E-state index is -0.435. The van der Waals surface area contributed by atoms with Gasteiger partial charge in [0.1, 0.15) is 11.8 Å². The first kappa shape index (κ1) is 36.9. The van der Waals surface area contributed by atoms with Crippen LogP contribution in [-0.2, 0) is 9.59 Å². The lowest BCUT2D eigenvalue weighted by Crippen LogP contribution is -2.47. The zero-order valence-corrected chi connectivity index (χ0v) is 32.0. The van der Waals surface area contributed by atoms with Crippen LogP contribution >= 0.6 is 0 Å². The highest BCUT2D eigenvalue weighted by atomic mass is 16.3. The third-order valence-electron chi connectivity index (χ3n) is 12.6. The molecule has 15 nitrogen and oxygen atoms in total. The summed E-state index contributed by atoms with van der Waals surface area (Å²) in [7, 11) is 0. The van der Waals surface area contributed by atoms with Crippen LogP contribution in [0.1, 0.15) is 92.9 Å². The van der Waals surface area contributed by atoms with Crippen molar-refractivity contribution in [2.45, 2.75) is 88.2 Å². The largest absolute Gasteiger partial charge is 0.391 e. The number of pyridine rings is 2. The fourth-order valence-electron chi connectivity index (χ4n) is 9.16. The second kappa shape index (κ2) is 16.0. The number of carbonyl (C=O) groups excluding carboxylic acids is 2. The first-order valence-corrected chi connectivity index (χ1v) is 20.4. The molecular formula is C42H48N12O3. The molecule has 1 aromatic carbocycles. The maximum atomic E-state index is 12.3. The quantitative estimate of drug-likeness (QED) is 0.168. The number of rotatable bonds is 10. The van der Waals surface area contributed by atoms with Crippen molar-refractivity contribution >= 4 is 34.2 Å². The van der Waals surface area contributed by atoms with E-state index in [-0.39, 0.29) is 23.8 Å². The van der Waals surface area contributed by atoms with Gasteiger partial charge in [-0.3, -0.25) is 19.8 Å². The number of nitrogens with zero attached hydrogens (tertiary/aromatic N) is 10. The summed E-state index contributed by atoms with van der Waals surface area (Å²) < 4.78 is 3.46. The SMILES string of the molecule is N#Cc1cnc2c(cnn2-c2cc(N[C@H]3CCC[C@@H]3O)c(-n3cc(C4CCC(CCN5CCN(c6ccc(C7CCC(=O)NC7=O)cc6)CC5)CC4)nn3)cn2)c1. The molecule has 294 valence electrons. The Labute approximate surface area is 331 Å². The molecule has 57 heavy (non-hydrogen) atoms. The first-order valence-electron chi connectivity index (χ1n) is 20.4. The maximum absolute atomic E-state index is 12.3. The number of imide groups is 1. The van der Waals surface area contributed by atoms with Crippen LogP contribution in [0.2, 0.25) is 0 Å². The van der Waals surface area contributed by atoms with Gasteiger partial charge in [0.05, 0.1) is 53.6 Å². The van der Waals surface area contributed by atoms with Crippen LogP contribution in [0.3, 0.4) is 0 Å². The van der Waals surface area contributed by atoms with Crippen molar-refractivity contribution in [3.63, 3.8) is 0 Å². The van der Waals surface area contributed by atoms with E-state index in [9.17, 15) is 20.0 Å². The van der Waals surface area contributed by atoms with Gasteiger partial charge in [0.25, 0.3) is 0 Å². The van der Waals surface area contributed by atoms with Crippen molar-refractivity contribution < 1.29 is 14.7 Å². The number of hydrogen-bond donors (Lipinski definition) is 3. The summed E-state index contributed by atoms with van der Waals surface area (Å²) in [6.07, 6.45) is 15.9. The van der Waals surface area contributed by atoms with E-state index in [1.54, 1.807) is 27.8 Å². The minimum absolute atomic E-state index is 0.0854. The molecule has 5 aromatic rings. The highest BCUT2D eigenvalue weighted by Crippen LogP contribution is 2.37. The number of benzene rings is 1. The van der Waals surface area contributed by atoms with E-state index >= 15 is 0 Å². The van der Waals surface area contributed by atoms with Crippen molar-refractivity contribution in [3.8, 4) is 17.6 Å². The van der Waals surface area contributed by atoms with Crippen LogP contribution in [0.25, 0.3) is 22.5 Å². The fourth-order valence-corrected chi connectivity index (χ4v) is 9.16. The van der Waals surface area contributed by atoms with Gasteiger partial charge in [-0.2, -0.15) is 15.0 Å². The number of piperazine rings is 1. The van der Waals surface area contributed by atoms with Gasteiger partial charge in [-0.15, -0.1) is 5.10 Å². The highest BCUT2D eigenvalue weighted by molar-refractivity contribution is 6.01. The Bertz CT molecular complexity index is 2280. The number of aromatic nitrogens is 7. The smallest absolute Gasteiger partial charge is 0.234 e. The first-order chi connectivity index (χ1) is 27.9. The van der Waals surface area contributed by atoms with E-state index in [1.807, 2.05) is 24.4 Å². The molecule has 3 N–H and O–H groups in total. The molecular weight excluding hydrogens is 721 g/mol. The summed E-state index contributed by atoms with van der Waals surface area (Å²) in [5, 5.41) is 40.5. The molecule has 0 spiro atoms. The Morgan fingerprint density at radius 1 is 0.930 bits per heavy atom. The van der Waals surface area contributed by atoms with Gasteiger partial charge in [0, 0.05) is 61.9 Å². The van der Waals surface area contributed by atoms with Gasteiger partial charge < -0.3 is 15.3 Å². The van der Waals surface area contributed by atoms with Gasteiger partial charge in [0.2, 0.25) is 11.8 Å². The van der Waals surface area contributed by atoms with Crippen molar-refractivity contribution in [2.75, 3.05) is 42.9 Å². The summed E-state index contributed by atoms with van der Waals surface area (Å²) >= 11 is 0. The number of hydrogen-bond acceptors (Lipinski definition) is 12. The zero-order chi connectivity index (χ0) is 38.9. The summed E-state index contributed by atoms with van der Waals surface area (Å²) in [4.78, 5) is 38.1. The summed E-state index contributed by atoms with van der Waals surface area (Å²) in [6, 6.07) is 14.0. The van der Waals surface area contributed by atoms with Crippen molar-refractivity contribution in [3.05, 3.63) is 78.0 Å². The molecule has 15 heteroatoms. The van der Waals surface area contributed by atoms with Crippen molar-refractivity contribution in [1.82, 2.24) is 45.0 Å². The molecule has 0 bridgehead atoms. The number of nitriles is 1. The second-order valence-corrected chi connectivity index (χ2v) is 16.1. The molecule has 2 saturated heterocycles. The molecule has 2 aliphatic heterocycles. The molecule has 1 unspecified atom stereocenters. The molecule has 9 rings (SSSR count). The average molecular weight is 769 g/mol. The zero-order valence-electron chi connectivity index (χ0n) is 32.0. The average Bonchev–Trinajstić information content (AvgIpc) is 4.01. The number of piperidine rings is 1. The van der Waals surface area contributed by atoms with Gasteiger partial charge in [0.15, 0.2) is 11.5 Å². The van der Waals surface area contributed by atoms with Gasteiger partial charge in [-0.1, -0.05) is 17.3 Å². The summed E-state index contributed by atoms with van der Waals surface area (Å²) in [5.41, 5.74) is 5.78. The lowest BCUT2D eigenvalue weighted by molar-refractivity contribution is -0.134. The van der Waals surface area contributed by atoms with E-state index in [1.165, 1.54) is 31.1 Å². The molecule has 0 radical (unpaired) electrons. The normalized spacial score (nSPS) is 24.4. The molecule has 2 aliphatic carbocycles. The number of carbonyl (C=O) groups is 2. The lowest BCUT2D eigenvalue weighted by atomic mass is 9.79. The highest BCUT2D eigenvalue weighted by Gasteiger charge is 2.30. The molecule has 3 atom stereocenters. The van der Waals surface area contributed by atoms with E-state index in [0.29, 0.717) is 41.7 Å². The molecule has 4 fully saturated rings. The molecule has 6 heterocycles. The van der Waals surface area contributed by atoms with Crippen LogP contribution in [0.4, 0.5) is 11.4 Å². The van der Waals surface area contributed by atoms with Crippen LogP contribution in [0.5, 0.6) is 0 Å². The molecule has 2 amide bonds. The van der Waals surface area contributed by atoms with Crippen LogP contribution in [0, 0.1) is 17.2 Å². The van der Waals surface area contributed by atoms with Crippen LogP contribution < -0.4 is 15.5 Å². The third-order valence-corrected chi connectivity index (χ3v) is 12.6. The topological polar surface area (TPSA) is 183 Å². The van der Waals surface area contributed by atoms with E-state index in [2.05, 4.69) is 59.0 Å². The number of aliphatic hydroxyl groups excluding tert-OH is 1. The monoisotopic (exact) mass is 768 g/mol. The number of anilines is 2. The number of nitrogens with one attached hydrogen (secondary N) is 2. The summed E-state index contributed by atoms with van der Waals surface area (Å²) in [5.74, 6) is 1.02. The summed E-state index contributed by atoms with van der Waals surface area (Å²) in [6.45, 7) is 5.17. The van der Waals surface area contributed by atoms with E-state index in [4.69, 9.17) is 4.98 Å². The van der Waals surface area contributed by atoms with Crippen molar-refractivity contribution in [2.24, 2.45) is 5.92 Å². The Kier molecular flexibility index (Phi) is 10.4. The van der Waals surface area contributed by atoms with Crippen molar-refractivity contribution in [1.29, 1.82) is 5.26 Å². The van der Waals surface area contributed by atoms with E-state index < -0.39 is 6.10 Å². The van der Waals surface area contributed by atoms with E-state index in [0.717, 1.165) is 92.8 Å². The maximum Gasteiger partial charge on any atom is 0.234 e. The number of amides is 2. The Balaban J connectivity index is 0.789. The molecule has 4 aromatic heterocycles. The van der Waals surface area contributed by atoms with Gasteiger partial charge in [-0.25, -0.2) is 14.6 Å². The number of fused-ring (bicyclic) bond motifs is 1. The van der Waals surface area contributed by atoms with Gasteiger partial charge >= 0.3 is 0 Å². The van der Waals surface area contributed by atoms with Crippen LogP contribution in [0.15, 0.2) is 61.2 Å². The Hall–Kier alpha value is -5.72. The fraction of sp³-hybridized carbons (Fsp3) is 0.476. The second-order valence-electron chi connectivity index (χ2n) is 16.1. The minimum Gasteiger partial charge on any atom is -0.391 e. The van der Waals surface area contributed by atoms with Crippen LogP contribution in [-0.4, -0.2) is 101 Å². The molecule has 4 aliphatic rings. The molecule has 2 saturated carbocycles. The standard InChI is InChI=1S/C42H48N12O3/c43-22-28-20-31-24-46-54(41(31)45-23-28)39-21-35(47-34-2-1-3-38(34)55)37(25-44-39)53-26-36(49-50-53)30-6-4-27(5-7-30)14-15-51-16-18-52(19-17-51)32-10-8-29(9-11-32)33-12-13-40(56)48-42(33)57/h8-11,20-21,23-27,30,33-34,38,55H,1-7,12-19H2,(H,44,47)(H,48,56,57)/t27?,30?,33?,34-,38-/m0/s1. The lowest BCUT2D eigenvalue weighted by Gasteiger charge is -2.37. The predicted octanol–water partition coefficient (Wildman–Crippen LogP) is 4.60.